The SMILES string of the molecule is Cc1cc(C(=O)NC2(CC(=O)O)CCOCC2)ccc1Br. The fraction of sp³-hybridized carbons (Fsp3) is 0.467. The van der Waals surface area contributed by atoms with Crippen molar-refractivity contribution < 1.29 is 19.4 Å². The Bertz CT molecular complexity index is 553. The summed E-state index contributed by atoms with van der Waals surface area (Å²) >= 11 is 3.39. The van der Waals surface area contributed by atoms with Gasteiger partial charge in [-0.15, -0.1) is 0 Å². The number of benzene rings is 1. The van der Waals surface area contributed by atoms with Crippen LogP contribution in [0.2, 0.25) is 0 Å². The molecular weight excluding hydrogens is 338 g/mol. The van der Waals surface area contributed by atoms with Crippen molar-refractivity contribution in [3.8, 4) is 0 Å². The van der Waals surface area contributed by atoms with Crippen LogP contribution in [0.25, 0.3) is 0 Å². The Morgan fingerprint density at radius 1 is 1.38 bits per heavy atom. The van der Waals surface area contributed by atoms with E-state index in [1.165, 1.54) is 0 Å². The van der Waals surface area contributed by atoms with Crippen molar-refractivity contribution in [3.05, 3.63) is 33.8 Å². The third-order valence-electron chi connectivity index (χ3n) is 3.74. The first-order valence-electron chi connectivity index (χ1n) is 6.80. The van der Waals surface area contributed by atoms with Crippen molar-refractivity contribution in [3.63, 3.8) is 0 Å². The number of rotatable bonds is 4. The lowest BCUT2D eigenvalue weighted by atomic mass is 9.86. The van der Waals surface area contributed by atoms with E-state index in [2.05, 4.69) is 21.2 Å². The Hall–Kier alpha value is -1.40. The lowest BCUT2D eigenvalue weighted by molar-refractivity contribution is -0.139. The van der Waals surface area contributed by atoms with Gasteiger partial charge in [0.2, 0.25) is 0 Å². The van der Waals surface area contributed by atoms with Crippen LogP contribution in [0.1, 0.15) is 35.2 Å². The molecule has 0 aliphatic carbocycles. The summed E-state index contributed by atoms with van der Waals surface area (Å²) < 4.78 is 6.21. The monoisotopic (exact) mass is 355 g/mol. The van der Waals surface area contributed by atoms with E-state index in [4.69, 9.17) is 9.84 Å². The lowest BCUT2D eigenvalue weighted by Crippen LogP contribution is -2.53. The van der Waals surface area contributed by atoms with E-state index in [-0.39, 0.29) is 12.3 Å². The number of carbonyl (C=O) groups is 2. The van der Waals surface area contributed by atoms with Gasteiger partial charge in [-0.2, -0.15) is 0 Å². The minimum Gasteiger partial charge on any atom is -0.481 e. The molecule has 0 saturated carbocycles. The highest BCUT2D eigenvalue weighted by Crippen LogP contribution is 2.26. The van der Waals surface area contributed by atoms with E-state index in [0.717, 1.165) is 10.0 Å². The molecular formula is C15H18BrNO4. The van der Waals surface area contributed by atoms with Crippen LogP contribution in [0.4, 0.5) is 0 Å². The Morgan fingerprint density at radius 2 is 2.05 bits per heavy atom. The normalized spacial score (nSPS) is 17.2. The second kappa shape index (κ2) is 6.58. The molecule has 2 N–H and O–H groups in total. The number of aliphatic carboxylic acids is 1. The van der Waals surface area contributed by atoms with Crippen molar-refractivity contribution >= 4 is 27.8 Å². The van der Waals surface area contributed by atoms with Gasteiger partial charge in [0.15, 0.2) is 0 Å². The third kappa shape index (κ3) is 4.04. The Kier molecular flexibility index (Phi) is 5.00. The van der Waals surface area contributed by atoms with Crippen LogP contribution in [0.3, 0.4) is 0 Å². The summed E-state index contributed by atoms with van der Waals surface area (Å²) in [6, 6.07) is 5.32. The van der Waals surface area contributed by atoms with Gasteiger partial charge < -0.3 is 15.2 Å². The first kappa shape index (κ1) is 16.0. The predicted molar refractivity (Wildman–Crippen MR) is 81.4 cm³/mol. The number of carboxylic acid groups (broad SMARTS) is 1. The van der Waals surface area contributed by atoms with Gasteiger partial charge in [-0.3, -0.25) is 9.59 Å². The van der Waals surface area contributed by atoms with Crippen molar-refractivity contribution in [2.24, 2.45) is 0 Å². The number of aryl methyl sites for hydroxylation is 1. The van der Waals surface area contributed by atoms with Crippen molar-refractivity contribution in [1.29, 1.82) is 0 Å². The van der Waals surface area contributed by atoms with Crippen LogP contribution in [-0.4, -0.2) is 35.7 Å². The highest BCUT2D eigenvalue weighted by atomic mass is 79.9. The van der Waals surface area contributed by atoms with Crippen LogP contribution in [0, 0.1) is 6.92 Å². The maximum absolute atomic E-state index is 12.4. The van der Waals surface area contributed by atoms with Gasteiger partial charge in [-0.1, -0.05) is 15.9 Å². The Labute approximate surface area is 131 Å². The zero-order chi connectivity index (χ0) is 15.5. The predicted octanol–water partition coefficient (Wildman–Crippen LogP) is 2.51. The van der Waals surface area contributed by atoms with Gasteiger partial charge >= 0.3 is 5.97 Å². The minimum atomic E-state index is -0.913. The summed E-state index contributed by atoms with van der Waals surface area (Å²) in [5.41, 5.74) is 0.774. The number of halogens is 1. The number of amides is 1. The lowest BCUT2D eigenvalue weighted by Gasteiger charge is -2.36. The maximum atomic E-state index is 12.4. The Morgan fingerprint density at radius 3 is 2.62 bits per heavy atom. The molecule has 5 nitrogen and oxygen atoms in total. The van der Waals surface area contributed by atoms with Crippen LogP contribution >= 0.6 is 15.9 Å². The smallest absolute Gasteiger partial charge is 0.305 e. The molecule has 114 valence electrons. The number of ether oxygens (including phenoxy) is 1. The third-order valence-corrected chi connectivity index (χ3v) is 4.63. The second-order valence-corrected chi connectivity index (χ2v) is 6.24. The average molecular weight is 356 g/mol. The molecule has 1 heterocycles. The van der Waals surface area contributed by atoms with Crippen molar-refractivity contribution in [2.75, 3.05) is 13.2 Å². The highest BCUT2D eigenvalue weighted by Gasteiger charge is 2.36. The molecule has 0 spiro atoms. The van der Waals surface area contributed by atoms with E-state index >= 15 is 0 Å². The summed E-state index contributed by atoms with van der Waals surface area (Å²) in [6.07, 6.45) is 0.943. The number of hydrogen-bond acceptors (Lipinski definition) is 3. The van der Waals surface area contributed by atoms with E-state index < -0.39 is 11.5 Å². The van der Waals surface area contributed by atoms with Gasteiger partial charge in [0.05, 0.1) is 12.0 Å². The molecule has 1 amide bonds. The molecule has 0 unspecified atom stereocenters. The topological polar surface area (TPSA) is 75.6 Å². The second-order valence-electron chi connectivity index (χ2n) is 5.38. The first-order valence-corrected chi connectivity index (χ1v) is 7.59. The number of carboxylic acids is 1. The molecule has 0 aromatic heterocycles. The summed E-state index contributed by atoms with van der Waals surface area (Å²) in [6.45, 7) is 2.84. The van der Waals surface area contributed by atoms with Gasteiger partial charge in [-0.25, -0.2) is 0 Å². The molecule has 1 aromatic carbocycles. The van der Waals surface area contributed by atoms with E-state index in [9.17, 15) is 9.59 Å². The number of hydrogen-bond donors (Lipinski definition) is 2. The molecule has 21 heavy (non-hydrogen) atoms. The molecule has 1 aliphatic heterocycles. The highest BCUT2D eigenvalue weighted by molar-refractivity contribution is 9.10. The molecule has 0 bridgehead atoms. The zero-order valence-corrected chi connectivity index (χ0v) is 13.4. The zero-order valence-electron chi connectivity index (χ0n) is 11.8. The fourth-order valence-corrected chi connectivity index (χ4v) is 2.74. The van der Waals surface area contributed by atoms with Crippen LogP contribution in [-0.2, 0) is 9.53 Å². The van der Waals surface area contributed by atoms with Crippen molar-refractivity contribution in [1.82, 2.24) is 5.32 Å². The fourth-order valence-electron chi connectivity index (χ4n) is 2.50. The van der Waals surface area contributed by atoms with E-state index in [0.29, 0.717) is 31.6 Å². The van der Waals surface area contributed by atoms with Gasteiger partial charge in [0.25, 0.3) is 5.91 Å². The number of nitrogens with one attached hydrogen (secondary N) is 1. The molecule has 1 saturated heterocycles. The summed E-state index contributed by atoms with van der Waals surface area (Å²) in [5, 5.41) is 12.0. The quantitative estimate of drug-likeness (QED) is 0.869. The summed E-state index contributed by atoms with van der Waals surface area (Å²) in [4.78, 5) is 23.5. The van der Waals surface area contributed by atoms with Crippen LogP contribution < -0.4 is 5.32 Å². The molecule has 0 atom stereocenters. The first-order chi connectivity index (χ1) is 9.92. The minimum absolute atomic E-state index is 0.0857. The average Bonchev–Trinajstić information content (AvgIpc) is 2.41. The van der Waals surface area contributed by atoms with Gasteiger partial charge in [0.1, 0.15) is 0 Å². The van der Waals surface area contributed by atoms with E-state index in [1.807, 2.05) is 13.0 Å². The molecule has 6 heteroatoms. The largest absolute Gasteiger partial charge is 0.481 e. The summed E-state index contributed by atoms with van der Waals surface area (Å²) in [5.74, 6) is -1.15. The van der Waals surface area contributed by atoms with Crippen LogP contribution in [0.5, 0.6) is 0 Å². The molecule has 2 rings (SSSR count). The van der Waals surface area contributed by atoms with Crippen LogP contribution in [0.15, 0.2) is 22.7 Å². The number of carbonyl (C=O) groups excluding carboxylic acids is 1. The molecule has 1 aliphatic rings. The standard InChI is InChI=1S/C15H18BrNO4/c1-10-8-11(2-3-12(10)16)14(20)17-15(9-13(18)19)4-6-21-7-5-15/h2-3,8H,4-7,9H2,1H3,(H,17,20)(H,18,19). The molecule has 0 radical (unpaired) electrons. The van der Waals surface area contributed by atoms with Gasteiger partial charge in [0, 0.05) is 23.2 Å². The maximum Gasteiger partial charge on any atom is 0.305 e. The summed E-state index contributed by atoms with van der Waals surface area (Å²) in [7, 11) is 0. The van der Waals surface area contributed by atoms with Crippen molar-refractivity contribution in [2.45, 2.75) is 31.7 Å². The molecule has 1 aromatic rings. The molecule has 1 fully saturated rings. The Balaban J connectivity index is 2.17. The van der Waals surface area contributed by atoms with E-state index in [1.54, 1.807) is 12.1 Å². The van der Waals surface area contributed by atoms with Gasteiger partial charge in [-0.05, 0) is 43.5 Å².